The molecule has 0 aromatic heterocycles. The Morgan fingerprint density at radius 2 is 1.61 bits per heavy atom. The van der Waals surface area contributed by atoms with Gasteiger partial charge in [0, 0.05) is 26.2 Å². The van der Waals surface area contributed by atoms with Gasteiger partial charge in [-0.15, -0.1) is 0 Å². The Kier molecular flexibility index (Phi) is 3.14. The Labute approximate surface area is 108 Å². The Morgan fingerprint density at radius 3 is 2.22 bits per heavy atom. The molecular weight excluding hydrogens is 228 g/mol. The molecule has 2 aliphatic heterocycles. The minimum absolute atomic E-state index is 0.429. The van der Waals surface area contributed by atoms with Crippen molar-refractivity contribution in [1.82, 2.24) is 9.80 Å². The number of ether oxygens (including phenoxy) is 2. The van der Waals surface area contributed by atoms with Crippen LogP contribution in [0.1, 0.15) is 18.2 Å². The molecule has 2 aliphatic rings. The summed E-state index contributed by atoms with van der Waals surface area (Å²) in [6, 6.07) is 6.27. The van der Waals surface area contributed by atoms with Gasteiger partial charge in [-0.2, -0.15) is 0 Å². The van der Waals surface area contributed by atoms with E-state index >= 15 is 0 Å². The van der Waals surface area contributed by atoms with E-state index in [2.05, 4.69) is 21.9 Å². The van der Waals surface area contributed by atoms with Crippen molar-refractivity contribution >= 4 is 0 Å². The van der Waals surface area contributed by atoms with Crippen LogP contribution in [0.25, 0.3) is 0 Å². The van der Waals surface area contributed by atoms with Crippen LogP contribution in [0, 0.1) is 0 Å². The van der Waals surface area contributed by atoms with E-state index in [0.29, 0.717) is 6.17 Å². The molecule has 2 fully saturated rings. The van der Waals surface area contributed by atoms with E-state index in [1.807, 2.05) is 6.07 Å². The van der Waals surface area contributed by atoms with E-state index in [1.165, 1.54) is 38.2 Å². The van der Waals surface area contributed by atoms with Crippen molar-refractivity contribution in [3.8, 4) is 11.5 Å². The molecule has 0 radical (unpaired) electrons. The quantitative estimate of drug-likeness (QED) is 0.813. The topological polar surface area (TPSA) is 24.9 Å². The average molecular weight is 248 g/mol. The average Bonchev–Trinajstić information content (AvgIpc) is 2.67. The lowest BCUT2D eigenvalue weighted by molar-refractivity contribution is 0.0926. The molecule has 18 heavy (non-hydrogen) atoms. The molecule has 98 valence electrons. The van der Waals surface area contributed by atoms with E-state index in [0.717, 1.165) is 11.5 Å². The molecule has 0 saturated carbocycles. The summed E-state index contributed by atoms with van der Waals surface area (Å²) in [5, 5.41) is 0. The van der Waals surface area contributed by atoms with Gasteiger partial charge in [-0.05, 0) is 24.1 Å². The van der Waals surface area contributed by atoms with Crippen molar-refractivity contribution in [3.63, 3.8) is 0 Å². The molecule has 2 heterocycles. The number of methoxy groups -OCH3 is 2. The molecule has 0 amide bonds. The molecule has 2 saturated heterocycles. The van der Waals surface area contributed by atoms with Gasteiger partial charge >= 0.3 is 0 Å². The van der Waals surface area contributed by atoms with Gasteiger partial charge in [0.25, 0.3) is 0 Å². The summed E-state index contributed by atoms with van der Waals surface area (Å²) in [5.41, 5.74) is 1.31. The van der Waals surface area contributed by atoms with Gasteiger partial charge in [-0.1, -0.05) is 6.07 Å². The lowest BCUT2D eigenvalue weighted by Gasteiger charge is -2.35. The molecule has 4 heteroatoms. The Morgan fingerprint density at radius 1 is 0.944 bits per heavy atom. The number of hydrogen-bond donors (Lipinski definition) is 0. The zero-order valence-corrected chi connectivity index (χ0v) is 11.1. The van der Waals surface area contributed by atoms with Crippen molar-refractivity contribution in [2.75, 3.05) is 40.4 Å². The third kappa shape index (κ3) is 1.85. The number of hydrogen-bond acceptors (Lipinski definition) is 4. The first-order valence-corrected chi connectivity index (χ1v) is 6.53. The SMILES string of the molecule is COc1ccc(C2N3CCCN2CC3)cc1OC. The Hall–Kier alpha value is -1.26. The van der Waals surface area contributed by atoms with Gasteiger partial charge in [0.1, 0.15) is 0 Å². The van der Waals surface area contributed by atoms with Crippen LogP contribution in [0.4, 0.5) is 0 Å². The minimum atomic E-state index is 0.429. The lowest BCUT2D eigenvalue weighted by atomic mass is 10.1. The summed E-state index contributed by atoms with van der Waals surface area (Å²) < 4.78 is 10.7. The van der Waals surface area contributed by atoms with Crippen LogP contribution in [0.15, 0.2) is 18.2 Å². The Bertz CT molecular complexity index is 420. The molecule has 0 aliphatic carbocycles. The summed E-state index contributed by atoms with van der Waals surface area (Å²) in [6.07, 6.45) is 1.71. The molecule has 1 aromatic rings. The summed E-state index contributed by atoms with van der Waals surface area (Å²) >= 11 is 0. The highest BCUT2D eigenvalue weighted by Crippen LogP contribution is 2.37. The maximum absolute atomic E-state index is 5.40. The predicted octanol–water partition coefficient (Wildman–Crippen LogP) is 1.72. The lowest BCUT2D eigenvalue weighted by Crippen LogP contribution is -2.37. The smallest absolute Gasteiger partial charge is 0.161 e. The van der Waals surface area contributed by atoms with E-state index in [-0.39, 0.29) is 0 Å². The molecule has 4 nitrogen and oxygen atoms in total. The largest absolute Gasteiger partial charge is 0.493 e. The van der Waals surface area contributed by atoms with Gasteiger partial charge in [0.2, 0.25) is 0 Å². The minimum Gasteiger partial charge on any atom is -0.493 e. The predicted molar refractivity (Wildman–Crippen MR) is 70.1 cm³/mol. The standard InChI is InChI=1S/C14H20N2O2/c1-17-12-5-4-11(10-13(12)18-2)14-15-6-3-7-16(14)9-8-15/h4-5,10,14H,3,6-9H2,1-2H3. The second-order valence-electron chi connectivity index (χ2n) is 4.91. The second-order valence-corrected chi connectivity index (χ2v) is 4.91. The number of nitrogens with zero attached hydrogens (tertiary/aromatic N) is 2. The van der Waals surface area contributed by atoms with E-state index in [9.17, 15) is 0 Å². The molecule has 0 N–H and O–H groups in total. The number of fused-ring (bicyclic) bond motifs is 2. The van der Waals surface area contributed by atoms with Crippen LogP contribution >= 0.6 is 0 Å². The van der Waals surface area contributed by atoms with Crippen molar-refractivity contribution in [2.24, 2.45) is 0 Å². The summed E-state index contributed by atoms with van der Waals surface area (Å²) in [7, 11) is 3.37. The van der Waals surface area contributed by atoms with E-state index < -0.39 is 0 Å². The molecule has 0 spiro atoms. The van der Waals surface area contributed by atoms with Gasteiger partial charge in [-0.3, -0.25) is 9.80 Å². The first kappa shape index (κ1) is 11.8. The third-order valence-electron chi connectivity index (χ3n) is 3.96. The van der Waals surface area contributed by atoms with Crippen LogP contribution in [0.5, 0.6) is 11.5 Å². The van der Waals surface area contributed by atoms with Gasteiger partial charge in [-0.25, -0.2) is 0 Å². The van der Waals surface area contributed by atoms with Crippen LogP contribution in [0.2, 0.25) is 0 Å². The molecule has 2 bridgehead atoms. The van der Waals surface area contributed by atoms with Crippen LogP contribution in [-0.2, 0) is 0 Å². The second kappa shape index (κ2) is 4.78. The van der Waals surface area contributed by atoms with Crippen LogP contribution in [0.3, 0.4) is 0 Å². The van der Waals surface area contributed by atoms with E-state index in [1.54, 1.807) is 14.2 Å². The zero-order chi connectivity index (χ0) is 12.5. The number of benzene rings is 1. The van der Waals surface area contributed by atoms with Crippen molar-refractivity contribution in [3.05, 3.63) is 23.8 Å². The number of rotatable bonds is 3. The van der Waals surface area contributed by atoms with Gasteiger partial charge in [0.15, 0.2) is 11.5 Å². The molecular formula is C14H20N2O2. The highest BCUT2D eigenvalue weighted by Gasteiger charge is 2.36. The fraction of sp³-hybridized carbons (Fsp3) is 0.571. The highest BCUT2D eigenvalue weighted by molar-refractivity contribution is 5.44. The summed E-state index contributed by atoms with van der Waals surface area (Å²) in [6.45, 7) is 4.77. The van der Waals surface area contributed by atoms with Crippen molar-refractivity contribution in [2.45, 2.75) is 12.6 Å². The van der Waals surface area contributed by atoms with Crippen molar-refractivity contribution < 1.29 is 9.47 Å². The Balaban J connectivity index is 1.92. The summed E-state index contributed by atoms with van der Waals surface area (Å²) in [4.78, 5) is 5.09. The molecule has 2 atom stereocenters. The monoisotopic (exact) mass is 248 g/mol. The highest BCUT2D eigenvalue weighted by atomic mass is 16.5. The van der Waals surface area contributed by atoms with Crippen molar-refractivity contribution in [1.29, 1.82) is 0 Å². The fourth-order valence-electron chi connectivity index (χ4n) is 3.11. The van der Waals surface area contributed by atoms with E-state index in [4.69, 9.17) is 9.47 Å². The molecule has 3 rings (SSSR count). The zero-order valence-electron chi connectivity index (χ0n) is 11.1. The molecule has 1 aromatic carbocycles. The first-order chi connectivity index (χ1) is 8.83. The maximum Gasteiger partial charge on any atom is 0.161 e. The van der Waals surface area contributed by atoms with Crippen LogP contribution < -0.4 is 9.47 Å². The summed E-state index contributed by atoms with van der Waals surface area (Å²) in [5.74, 6) is 1.62. The van der Waals surface area contributed by atoms with Crippen LogP contribution in [-0.4, -0.2) is 50.2 Å². The fourth-order valence-corrected chi connectivity index (χ4v) is 3.11. The van der Waals surface area contributed by atoms with Gasteiger partial charge < -0.3 is 9.47 Å². The molecule has 2 unspecified atom stereocenters. The normalized spacial score (nSPS) is 30.2. The maximum atomic E-state index is 5.40. The van der Waals surface area contributed by atoms with Gasteiger partial charge in [0.05, 0.1) is 20.4 Å². The third-order valence-corrected chi connectivity index (χ3v) is 3.96. The first-order valence-electron chi connectivity index (χ1n) is 6.53.